The van der Waals surface area contributed by atoms with Crippen molar-refractivity contribution in [3.05, 3.63) is 0 Å². The second-order valence-electron chi connectivity index (χ2n) is 5.54. The Morgan fingerprint density at radius 2 is 1.68 bits per heavy atom. The highest BCUT2D eigenvalue weighted by atomic mass is 16.2. The van der Waals surface area contributed by atoms with Gasteiger partial charge in [-0.05, 0) is 39.8 Å². The summed E-state index contributed by atoms with van der Waals surface area (Å²) in [5.74, 6) is 0.118. The minimum Gasteiger partial charge on any atom is -0.342 e. The molecule has 0 atom stereocenters. The Hall–Kier alpha value is -1.10. The molecule has 1 aliphatic rings. The molecule has 1 N–H and O–H groups in total. The number of carbonyl (C=O) groups excluding carboxylic acids is 2. The van der Waals surface area contributed by atoms with Crippen LogP contribution in [0.4, 0.5) is 0 Å². The summed E-state index contributed by atoms with van der Waals surface area (Å²) in [4.78, 5) is 27.9. The zero-order valence-electron chi connectivity index (χ0n) is 12.7. The van der Waals surface area contributed by atoms with Gasteiger partial charge in [0.15, 0.2) is 0 Å². The molecule has 0 aromatic rings. The van der Waals surface area contributed by atoms with Crippen LogP contribution in [-0.2, 0) is 9.59 Å². The minimum atomic E-state index is -0.316. The summed E-state index contributed by atoms with van der Waals surface area (Å²) in [5.41, 5.74) is -0.316. The molecule has 0 saturated carbocycles. The van der Waals surface area contributed by atoms with Crippen LogP contribution in [0.2, 0.25) is 0 Å². The molecule has 0 aromatic carbocycles. The molecule has 19 heavy (non-hydrogen) atoms. The van der Waals surface area contributed by atoms with Crippen molar-refractivity contribution in [2.24, 2.45) is 5.41 Å². The maximum Gasteiger partial charge on any atom is 0.242 e. The molecule has 0 spiro atoms. The predicted octanol–water partition coefficient (Wildman–Crippen LogP) is 0.703. The Balaban J connectivity index is 2.59. The van der Waals surface area contributed by atoms with Crippen molar-refractivity contribution in [2.45, 2.75) is 33.6 Å². The van der Waals surface area contributed by atoms with E-state index in [1.54, 1.807) is 16.8 Å². The summed E-state index contributed by atoms with van der Waals surface area (Å²) in [6, 6.07) is 0. The van der Waals surface area contributed by atoms with Crippen molar-refractivity contribution < 1.29 is 9.59 Å². The topological polar surface area (TPSA) is 52.7 Å². The SMILES string of the molecule is CCN(CC)C(=O)CN(C)C(=O)C1(C)CCNCC1. The van der Waals surface area contributed by atoms with Crippen molar-refractivity contribution in [3.63, 3.8) is 0 Å². The van der Waals surface area contributed by atoms with Gasteiger partial charge < -0.3 is 15.1 Å². The monoisotopic (exact) mass is 269 g/mol. The minimum absolute atomic E-state index is 0.0263. The van der Waals surface area contributed by atoms with Gasteiger partial charge in [0.2, 0.25) is 11.8 Å². The molecule has 1 rings (SSSR count). The van der Waals surface area contributed by atoms with E-state index in [-0.39, 0.29) is 23.8 Å². The summed E-state index contributed by atoms with van der Waals surface area (Å²) >= 11 is 0. The number of hydrogen-bond donors (Lipinski definition) is 1. The zero-order chi connectivity index (χ0) is 14.5. The number of likely N-dealkylation sites (N-methyl/N-ethyl adjacent to an activating group) is 2. The molecule has 0 bridgehead atoms. The third kappa shape index (κ3) is 3.93. The average Bonchev–Trinajstić information content (AvgIpc) is 2.40. The Kier molecular flexibility index (Phi) is 5.79. The van der Waals surface area contributed by atoms with E-state index < -0.39 is 0 Å². The second-order valence-corrected chi connectivity index (χ2v) is 5.54. The van der Waals surface area contributed by atoms with E-state index in [1.165, 1.54) is 0 Å². The fourth-order valence-electron chi connectivity index (χ4n) is 2.60. The molecule has 5 nitrogen and oxygen atoms in total. The summed E-state index contributed by atoms with van der Waals surface area (Å²) in [6.45, 7) is 9.24. The lowest BCUT2D eigenvalue weighted by Gasteiger charge is -2.36. The van der Waals surface area contributed by atoms with Gasteiger partial charge in [-0.25, -0.2) is 0 Å². The van der Waals surface area contributed by atoms with E-state index in [4.69, 9.17) is 0 Å². The molecule has 0 radical (unpaired) electrons. The van der Waals surface area contributed by atoms with Crippen molar-refractivity contribution in [3.8, 4) is 0 Å². The number of nitrogens with one attached hydrogen (secondary N) is 1. The molecule has 1 aliphatic heterocycles. The summed E-state index contributed by atoms with van der Waals surface area (Å²) in [6.07, 6.45) is 1.69. The lowest BCUT2D eigenvalue weighted by Crippen LogP contribution is -2.49. The first-order valence-corrected chi connectivity index (χ1v) is 7.18. The quantitative estimate of drug-likeness (QED) is 0.799. The summed E-state index contributed by atoms with van der Waals surface area (Å²) in [5, 5.41) is 3.27. The van der Waals surface area contributed by atoms with Crippen LogP contribution in [0.3, 0.4) is 0 Å². The Morgan fingerprint density at radius 1 is 1.16 bits per heavy atom. The highest BCUT2D eigenvalue weighted by Crippen LogP contribution is 2.29. The van der Waals surface area contributed by atoms with Crippen LogP contribution >= 0.6 is 0 Å². The highest BCUT2D eigenvalue weighted by molar-refractivity contribution is 5.87. The number of carbonyl (C=O) groups is 2. The summed E-state index contributed by atoms with van der Waals surface area (Å²) in [7, 11) is 1.73. The van der Waals surface area contributed by atoms with Crippen LogP contribution < -0.4 is 5.32 Å². The lowest BCUT2D eigenvalue weighted by molar-refractivity contribution is -0.146. The van der Waals surface area contributed by atoms with Crippen molar-refractivity contribution in [1.29, 1.82) is 0 Å². The van der Waals surface area contributed by atoms with E-state index in [9.17, 15) is 9.59 Å². The van der Waals surface area contributed by atoms with Gasteiger partial charge in [0.1, 0.15) is 0 Å². The molecule has 0 aliphatic carbocycles. The van der Waals surface area contributed by atoms with Crippen LogP contribution in [0.15, 0.2) is 0 Å². The maximum atomic E-state index is 12.5. The third-order valence-electron chi connectivity index (χ3n) is 4.06. The van der Waals surface area contributed by atoms with Crippen LogP contribution in [0, 0.1) is 5.41 Å². The zero-order valence-corrected chi connectivity index (χ0v) is 12.7. The van der Waals surface area contributed by atoms with Gasteiger partial charge in [0.05, 0.1) is 6.54 Å². The molecular weight excluding hydrogens is 242 g/mol. The van der Waals surface area contributed by atoms with Gasteiger partial charge in [0.25, 0.3) is 0 Å². The largest absolute Gasteiger partial charge is 0.342 e. The predicted molar refractivity (Wildman–Crippen MR) is 75.8 cm³/mol. The van der Waals surface area contributed by atoms with Crippen molar-refractivity contribution in [1.82, 2.24) is 15.1 Å². The number of hydrogen-bond acceptors (Lipinski definition) is 3. The molecule has 1 saturated heterocycles. The number of nitrogens with zero attached hydrogens (tertiary/aromatic N) is 2. The molecular formula is C14H27N3O2. The fourth-order valence-corrected chi connectivity index (χ4v) is 2.60. The molecule has 1 fully saturated rings. The number of amides is 2. The second kappa shape index (κ2) is 6.89. The van der Waals surface area contributed by atoms with Gasteiger partial charge in [-0.1, -0.05) is 6.92 Å². The smallest absolute Gasteiger partial charge is 0.242 e. The Morgan fingerprint density at radius 3 is 2.16 bits per heavy atom. The lowest BCUT2D eigenvalue weighted by atomic mass is 9.80. The molecule has 110 valence electrons. The van der Waals surface area contributed by atoms with Crippen molar-refractivity contribution in [2.75, 3.05) is 39.8 Å². The van der Waals surface area contributed by atoms with E-state index >= 15 is 0 Å². The van der Waals surface area contributed by atoms with Gasteiger partial charge in [-0.3, -0.25) is 9.59 Å². The third-order valence-corrected chi connectivity index (χ3v) is 4.06. The van der Waals surface area contributed by atoms with E-state index in [2.05, 4.69) is 5.32 Å². The summed E-state index contributed by atoms with van der Waals surface area (Å²) < 4.78 is 0. The fraction of sp³-hybridized carbons (Fsp3) is 0.857. The van der Waals surface area contributed by atoms with Gasteiger partial charge >= 0.3 is 0 Å². The van der Waals surface area contributed by atoms with Gasteiger partial charge in [-0.2, -0.15) is 0 Å². The van der Waals surface area contributed by atoms with E-state index in [0.29, 0.717) is 13.1 Å². The van der Waals surface area contributed by atoms with E-state index in [1.807, 2.05) is 20.8 Å². The average molecular weight is 269 g/mol. The highest BCUT2D eigenvalue weighted by Gasteiger charge is 2.37. The molecule has 0 aromatic heterocycles. The normalized spacial score (nSPS) is 17.9. The van der Waals surface area contributed by atoms with E-state index in [0.717, 1.165) is 25.9 Å². The van der Waals surface area contributed by atoms with Crippen LogP contribution in [0.5, 0.6) is 0 Å². The molecule has 1 heterocycles. The first kappa shape index (κ1) is 16.0. The van der Waals surface area contributed by atoms with Crippen molar-refractivity contribution >= 4 is 11.8 Å². The van der Waals surface area contributed by atoms with Gasteiger partial charge in [-0.15, -0.1) is 0 Å². The van der Waals surface area contributed by atoms with Gasteiger partial charge in [0, 0.05) is 25.6 Å². The Labute approximate surface area is 116 Å². The molecule has 5 heteroatoms. The standard InChI is InChI=1S/C14H27N3O2/c1-5-17(6-2)12(18)11-16(4)13(19)14(3)7-9-15-10-8-14/h15H,5-11H2,1-4H3. The van der Waals surface area contributed by atoms with Crippen LogP contribution in [-0.4, -0.2) is 61.4 Å². The van der Waals surface area contributed by atoms with Crippen LogP contribution in [0.25, 0.3) is 0 Å². The maximum absolute atomic E-state index is 12.5. The molecule has 2 amide bonds. The first-order chi connectivity index (χ1) is 8.94. The molecule has 0 unspecified atom stereocenters. The van der Waals surface area contributed by atoms with Crippen LogP contribution in [0.1, 0.15) is 33.6 Å². The number of piperidine rings is 1. The number of rotatable bonds is 5. The first-order valence-electron chi connectivity index (χ1n) is 7.18. The Bertz CT molecular complexity index is 321.